The van der Waals surface area contributed by atoms with Gasteiger partial charge in [0.15, 0.2) is 49.6 Å². The van der Waals surface area contributed by atoms with E-state index in [1.54, 1.807) is 0 Å². The van der Waals surface area contributed by atoms with Gasteiger partial charge in [0.1, 0.15) is 26.2 Å². The summed E-state index contributed by atoms with van der Waals surface area (Å²) in [5.74, 6) is 0. The molecular weight excluding hydrogens is 1170 g/mol. The summed E-state index contributed by atoms with van der Waals surface area (Å²) in [7, 11) is 0. The Kier molecular flexibility index (Phi) is 22.7. The number of rotatable bonds is 16. The minimum absolute atomic E-state index is 0. The van der Waals surface area contributed by atoms with Gasteiger partial charge in [0.05, 0.1) is 22.8 Å². The Morgan fingerprint density at radius 2 is 0.594 bits per heavy atom. The van der Waals surface area contributed by atoms with Gasteiger partial charge in [0, 0.05) is 72.2 Å². The molecule has 2 aliphatic rings. The third-order valence-electron chi connectivity index (χ3n) is 12.3. The molecule has 8 bridgehead atoms. The Hall–Kier alpha value is -4.26. The fourth-order valence-corrected chi connectivity index (χ4v) is 8.87. The first-order chi connectivity index (χ1) is 31.5. The summed E-state index contributed by atoms with van der Waals surface area (Å²) in [6, 6.07) is 26.0. The second-order valence-electron chi connectivity index (χ2n) is 17.1. The van der Waals surface area contributed by atoms with Crippen LogP contribution in [0, 0.1) is 0 Å². The maximum Gasteiger partial charge on any atom is 2.00 e. The molecule has 0 aliphatic carbocycles. The van der Waals surface area contributed by atoms with Crippen molar-refractivity contribution >= 4 is 46.4 Å². The molecule has 0 unspecified atom stereocenters. The van der Waals surface area contributed by atoms with Crippen LogP contribution in [0.15, 0.2) is 122 Å². The van der Waals surface area contributed by atoms with E-state index in [0.717, 1.165) is 167 Å². The van der Waals surface area contributed by atoms with E-state index in [-0.39, 0.29) is 87.4 Å². The predicted molar refractivity (Wildman–Crippen MR) is 259 cm³/mol. The maximum atomic E-state index is 5.55. The molecular formula is C56H60Br4N8Zn. The predicted octanol–water partition coefficient (Wildman–Crippen LogP) is -1.05. The van der Waals surface area contributed by atoms with Gasteiger partial charge in [-0.25, -0.2) is 28.2 Å². The Balaban J connectivity index is 0.00000207. The molecule has 0 aromatic carbocycles. The first kappa shape index (κ1) is 57.3. The van der Waals surface area contributed by atoms with E-state index in [9.17, 15) is 0 Å². The monoisotopic (exact) mass is 1220 g/mol. The van der Waals surface area contributed by atoms with Gasteiger partial charge < -0.3 is 77.9 Å². The van der Waals surface area contributed by atoms with E-state index in [4.69, 9.17) is 19.9 Å². The van der Waals surface area contributed by atoms with Crippen LogP contribution in [0.5, 0.6) is 0 Å². The van der Waals surface area contributed by atoms with Crippen molar-refractivity contribution in [2.24, 2.45) is 0 Å². The summed E-state index contributed by atoms with van der Waals surface area (Å²) in [5, 5.41) is 0. The van der Waals surface area contributed by atoms with Crippen LogP contribution in [0.3, 0.4) is 0 Å². The summed E-state index contributed by atoms with van der Waals surface area (Å²) in [6.45, 7) is 12.7. The summed E-state index contributed by atoms with van der Waals surface area (Å²) in [6.07, 6.45) is 35.3. The van der Waals surface area contributed by atoms with Crippen LogP contribution >= 0.6 is 0 Å². The van der Waals surface area contributed by atoms with Crippen molar-refractivity contribution in [2.75, 3.05) is 0 Å². The number of hydrogen-bond donors (Lipinski definition) is 0. The molecule has 0 amide bonds. The van der Waals surface area contributed by atoms with Crippen molar-refractivity contribution in [2.45, 2.75) is 105 Å². The largest absolute Gasteiger partial charge is 2.00 e. The van der Waals surface area contributed by atoms with E-state index in [0.29, 0.717) is 0 Å². The first-order valence-electron chi connectivity index (χ1n) is 23.6. The summed E-state index contributed by atoms with van der Waals surface area (Å²) < 4.78 is 9.18. The fourth-order valence-electron chi connectivity index (χ4n) is 8.87. The van der Waals surface area contributed by atoms with Crippen LogP contribution in [0.4, 0.5) is 0 Å². The number of halogens is 4. The van der Waals surface area contributed by atoms with E-state index in [1.165, 1.54) is 0 Å². The Morgan fingerprint density at radius 1 is 0.362 bits per heavy atom. The Morgan fingerprint density at radius 3 is 0.812 bits per heavy atom. The van der Waals surface area contributed by atoms with Crippen LogP contribution in [-0.4, -0.2) is 9.97 Å². The molecule has 0 saturated heterocycles. The summed E-state index contributed by atoms with van der Waals surface area (Å²) >= 11 is 0. The molecule has 7 aromatic heterocycles. The van der Waals surface area contributed by atoms with Gasteiger partial charge in [-0.2, -0.15) is 0 Å². The van der Waals surface area contributed by atoms with Crippen LogP contribution in [0.25, 0.3) is 90.9 Å². The van der Waals surface area contributed by atoms with E-state index in [1.807, 2.05) is 0 Å². The van der Waals surface area contributed by atoms with Gasteiger partial charge in [-0.05, 0) is 70.8 Å². The van der Waals surface area contributed by atoms with E-state index < -0.39 is 0 Å². The fraction of sp³-hybridized carbons (Fsp3) is 0.286. The standard InChI is InChI=1S/C56H60N8.4BrH.Zn/c1-5-9-29-61-33-13-17-41(37-61)53-45-21-23-47(57-45)54(42-18-14-34-62(38-42)30-10-6-2)49-25-27-51(59-49)56(44-20-16-36-64(40-44)32-12-8-4)52-28-26-50(60-52)55(48-24-22-46(53)58-48)43-19-15-35-63(39-43)31-11-7-3;;;;;/h13-28,33-40H,5-12,29-32H2,1-4H3;4*1H;/q+2;;;;;+2/p-4. The minimum atomic E-state index is 0. The Bertz CT molecular complexity index is 2650. The van der Waals surface area contributed by atoms with Gasteiger partial charge in [0.2, 0.25) is 0 Å². The SMILES string of the molecule is CCCC[n+]1cccc(-c2c3nc(c(-c4ccc[n+](CCCC)c4)c4ccc([n-]4)c(-c4ccc[n+](CCCC)c4)c4nc(c(-c5ccc[n+](CCCC)c5)c5ccc2[n-]5)C=C4)C=C3)c1.[Br-].[Br-].[Br-].[Br-].[Zn+2]. The number of unbranched alkanes of at least 4 members (excludes halogenated alkanes) is 4. The van der Waals surface area contributed by atoms with Crippen LogP contribution in [0.1, 0.15) is 102 Å². The van der Waals surface area contributed by atoms with Gasteiger partial charge in [0.25, 0.3) is 0 Å². The third-order valence-corrected chi connectivity index (χ3v) is 12.3. The van der Waals surface area contributed by atoms with Crippen molar-refractivity contribution in [3.8, 4) is 44.5 Å². The molecule has 0 atom stereocenters. The zero-order valence-corrected chi connectivity index (χ0v) is 49.4. The van der Waals surface area contributed by atoms with Crippen LogP contribution < -0.4 is 96.2 Å². The number of pyridine rings is 4. The van der Waals surface area contributed by atoms with Crippen molar-refractivity contribution in [1.82, 2.24) is 19.9 Å². The zero-order valence-electron chi connectivity index (χ0n) is 40.1. The molecule has 0 radical (unpaired) electrons. The molecule has 69 heavy (non-hydrogen) atoms. The molecule has 0 spiro atoms. The minimum Gasteiger partial charge on any atom is -1.00 e. The molecule has 0 fully saturated rings. The molecule has 13 heteroatoms. The molecule has 2 aliphatic heterocycles. The summed E-state index contributed by atoms with van der Waals surface area (Å²) in [5.41, 5.74) is 15.3. The van der Waals surface area contributed by atoms with Gasteiger partial charge >= 0.3 is 19.5 Å². The third kappa shape index (κ3) is 13.2. The number of nitrogens with zero attached hydrogens (tertiary/aromatic N) is 8. The zero-order chi connectivity index (χ0) is 43.8. The number of aromatic nitrogens is 8. The van der Waals surface area contributed by atoms with Gasteiger partial charge in [-0.3, -0.25) is 0 Å². The maximum absolute atomic E-state index is 5.55. The topological polar surface area (TPSA) is 69.5 Å². The summed E-state index contributed by atoms with van der Waals surface area (Å²) in [4.78, 5) is 22.2. The second-order valence-corrected chi connectivity index (χ2v) is 17.1. The Labute approximate surface area is 463 Å². The molecule has 7 aromatic rings. The molecule has 8 nitrogen and oxygen atoms in total. The molecule has 0 N–H and O–H groups in total. The van der Waals surface area contributed by atoms with E-state index >= 15 is 0 Å². The van der Waals surface area contributed by atoms with Gasteiger partial charge in [-0.1, -0.05) is 77.6 Å². The van der Waals surface area contributed by atoms with Crippen molar-refractivity contribution in [3.63, 3.8) is 0 Å². The smallest absolute Gasteiger partial charge is 1.00 e. The molecule has 9 rings (SSSR count). The van der Waals surface area contributed by atoms with Crippen LogP contribution in [-0.2, 0) is 45.7 Å². The number of aryl methyl sites for hydroxylation is 4. The molecule has 354 valence electrons. The average molecular weight is 1230 g/mol. The van der Waals surface area contributed by atoms with Crippen molar-refractivity contribution in [3.05, 3.63) is 145 Å². The quantitative estimate of drug-likeness (QED) is 0.0917. The van der Waals surface area contributed by atoms with Gasteiger partial charge in [-0.15, -0.1) is 22.1 Å². The van der Waals surface area contributed by atoms with Crippen molar-refractivity contribution in [1.29, 1.82) is 0 Å². The molecule has 0 saturated carbocycles. The van der Waals surface area contributed by atoms with Crippen molar-refractivity contribution < 1.29 is 106 Å². The number of fused-ring (bicyclic) bond motifs is 8. The number of hydrogen-bond acceptors (Lipinski definition) is 2. The molecule has 9 heterocycles. The average Bonchev–Trinajstić information content (AvgIpc) is 4.18. The normalized spacial score (nSPS) is 11.2. The first-order valence-corrected chi connectivity index (χ1v) is 23.6. The van der Waals surface area contributed by atoms with E-state index in [2.05, 4.69) is 193 Å². The second kappa shape index (κ2) is 27.4. The van der Waals surface area contributed by atoms with Crippen LogP contribution in [0.2, 0.25) is 0 Å².